The van der Waals surface area contributed by atoms with Crippen molar-refractivity contribution in [2.75, 3.05) is 26.7 Å². The average molecular weight is 486 g/mol. The first-order valence-corrected chi connectivity index (χ1v) is 11.4. The van der Waals surface area contributed by atoms with Crippen molar-refractivity contribution in [2.45, 2.75) is 26.3 Å². The number of benzene rings is 2. The first-order valence-electron chi connectivity index (χ1n) is 11.0. The quantitative estimate of drug-likeness (QED) is 0.551. The van der Waals surface area contributed by atoms with Gasteiger partial charge in [-0.2, -0.15) is 0 Å². The fourth-order valence-electron chi connectivity index (χ4n) is 3.97. The number of ether oxygens (including phenoxy) is 1. The highest BCUT2D eigenvalue weighted by atomic mass is 35.5. The highest BCUT2D eigenvalue weighted by Crippen LogP contribution is 2.34. The maximum Gasteiger partial charge on any atom is 0.335 e. The second-order valence-corrected chi connectivity index (χ2v) is 8.40. The zero-order valence-corrected chi connectivity index (χ0v) is 20.1. The Balaban J connectivity index is 1.73. The van der Waals surface area contributed by atoms with E-state index in [1.54, 1.807) is 67.4 Å². The number of hydrogen-bond acceptors (Lipinski definition) is 4. The fourth-order valence-corrected chi connectivity index (χ4v) is 4.17. The van der Waals surface area contributed by atoms with Crippen LogP contribution in [0.4, 0.5) is 4.79 Å². The normalized spacial score (nSPS) is 15.7. The molecule has 3 rings (SSSR count). The van der Waals surface area contributed by atoms with Crippen LogP contribution in [0.2, 0.25) is 5.02 Å². The molecule has 0 fully saturated rings. The molecular weight excluding hydrogens is 458 g/mol. The number of carbonyl (C=O) groups excluding carboxylic acids is 2. The molecule has 0 radical (unpaired) electrons. The minimum atomic E-state index is -1.12. The van der Waals surface area contributed by atoms with Crippen molar-refractivity contribution in [1.82, 2.24) is 15.1 Å². The van der Waals surface area contributed by atoms with Gasteiger partial charge in [-0.1, -0.05) is 23.7 Å². The summed E-state index contributed by atoms with van der Waals surface area (Å²) >= 11 is 6.14. The number of urea groups is 1. The van der Waals surface area contributed by atoms with E-state index in [4.69, 9.17) is 16.3 Å². The Hall–Kier alpha value is -3.52. The first-order chi connectivity index (χ1) is 16.2. The molecule has 2 aromatic carbocycles. The Morgan fingerprint density at radius 2 is 1.91 bits per heavy atom. The van der Waals surface area contributed by atoms with E-state index >= 15 is 0 Å². The lowest BCUT2D eigenvalue weighted by atomic mass is 9.93. The van der Waals surface area contributed by atoms with Crippen LogP contribution in [-0.4, -0.2) is 59.6 Å². The monoisotopic (exact) mass is 485 g/mol. The van der Waals surface area contributed by atoms with Gasteiger partial charge in [0.1, 0.15) is 5.75 Å². The summed E-state index contributed by atoms with van der Waals surface area (Å²) in [7, 11) is 1.69. The second kappa shape index (κ2) is 11.1. The highest BCUT2D eigenvalue weighted by molar-refractivity contribution is 6.30. The third kappa shape index (κ3) is 5.69. The van der Waals surface area contributed by atoms with Crippen molar-refractivity contribution in [2.24, 2.45) is 0 Å². The zero-order chi connectivity index (χ0) is 24.8. The Labute approximate surface area is 203 Å². The maximum atomic E-state index is 12.8. The summed E-state index contributed by atoms with van der Waals surface area (Å²) in [5.41, 5.74) is 1.52. The van der Waals surface area contributed by atoms with Crippen LogP contribution in [0.3, 0.4) is 0 Å². The summed E-state index contributed by atoms with van der Waals surface area (Å²) in [5.74, 6) is -0.572. The molecule has 0 spiro atoms. The lowest BCUT2D eigenvalue weighted by molar-refractivity contribution is -0.133. The number of carbonyl (C=O) groups is 3. The number of amides is 3. The Morgan fingerprint density at radius 1 is 1.21 bits per heavy atom. The van der Waals surface area contributed by atoms with Gasteiger partial charge in [0.15, 0.2) is 0 Å². The molecule has 180 valence electrons. The lowest BCUT2D eigenvalue weighted by Gasteiger charge is -2.37. The molecule has 0 bridgehead atoms. The molecule has 1 unspecified atom stereocenters. The molecule has 0 saturated carbocycles. The zero-order valence-electron chi connectivity index (χ0n) is 19.4. The van der Waals surface area contributed by atoms with Crippen LogP contribution < -0.4 is 10.1 Å². The van der Waals surface area contributed by atoms with E-state index in [1.165, 1.54) is 4.90 Å². The molecule has 2 aromatic rings. The van der Waals surface area contributed by atoms with E-state index in [9.17, 15) is 19.5 Å². The third-order valence-corrected chi connectivity index (χ3v) is 5.83. The van der Waals surface area contributed by atoms with Crippen LogP contribution in [0.25, 0.3) is 0 Å². The minimum absolute atomic E-state index is 0.0840. The van der Waals surface area contributed by atoms with Gasteiger partial charge in [-0.3, -0.25) is 4.79 Å². The van der Waals surface area contributed by atoms with Gasteiger partial charge in [0.25, 0.3) is 5.91 Å². The van der Waals surface area contributed by atoms with Crippen molar-refractivity contribution >= 4 is 29.5 Å². The van der Waals surface area contributed by atoms with Gasteiger partial charge in [0.05, 0.1) is 18.2 Å². The van der Waals surface area contributed by atoms with Crippen LogP contribution in [0.15, 0.2) is 59.8 Å². The Kier molecular flexibility index (Phi) is 8.17. The molecule has 2 N–H and O–H groups in total. The number of hydrogen-bond donors (Lipinski definition) is 2. The van der Waals surface area contributed by atoms with Crippen LogP contribution in [-0.2, 0) is 4.79 Å². The Morgan fingerprint density at radius 3 is 2.53 bits per heavy atom. The van der Waals surface area contributed by atoms with E-state index in [0.717, 1.165) is 0 Å². The molecular formula is C25H28ClN3O5. The Bertz CT molecular complexity index is 1100. The van der Waals surface area contributed by atoms with Crippen molar-refractivity contribution in [3.8, 4) is 5.75 Å². The molecule has 1 aliphatic heterocycles. The van der Waals surface area contributed by atoms with Gasteiger partial charge in [-0.25, -0.2) is 9.59 Å². The largest absolute Gasteiger partial charge is 0.494 e. The van der Waals surface area contributed by atoms with E-state index in [1.807, 2.05) is 6.92 Å². The average Bonchev–Trinajstić information content (AvgIpc) is 2.80. The van der Waals surface area contributed by atoms with Crippen LogP contribution >= 0.6 is 11.6 Å². The number of carboxylic acid groups (broad SMARTS) is 1. The van der Waals surface area contributed by atoms with Gasteiger partial charge in [0, 0.05) is 36.4 Å². The van der Waals surface area contributed by atoms with Crippen LogP contribution in [0.5, 0.6) is 5.75 Å². The molecule has 0 aromatic heterocycles. The first kappa shape index (κ1) is 25.1. The van der Waals surface area contributed by atoms with E-state index < -0.39 is 18.0 Å². The number of halogens is 1. The molecule has 0 aliphatic carbocycles. The molecule has 0 saturated heterocycles. The van der Waals surface area contributed by atoms with Crippen molar-refractivity contribution in [1.29, 1.82) is 0 Å². The second-order valence-electron chi connectivity index (χ2n) is 7.96. The maximum absolute atomic E-state index is 12.8. The SMILES string of the molecule is CCOc1ccc(C(=O)N(C)CCCN2C(=O)NC(C)=C(C(=O)O)C2c2cccc(Cl)c2)cc1. The lowest BCUT2D eigenvalue weighted by Crippen LogP contribution is -2.49. The molecule has 8 nitrogen and oxygen atoms in total. The predicted molar refractivity (Wildman–Crippen MR) is 129 cm³/mol. The van der Waals surface area contributed by atoms with Gasteiger partial charge >= 0.3 is 12.0 Å². The number of carboxylic acids is 1. The number of nitrogens with one attached hydrogen (secondary N) is 1. The highest BCUT2D eigenvalue weighted by Gasteiger charge is 2.37. The number of nitrogens with zero attached hydrogens (tertiary/aromatic N) is 2. The third-order valence-electron chi connectivity index (χ3n) is 5.59. The molecule has 9 heteroatoms. The van der Waals surface area contributed by atoms with Gasteiger partial charge in [-0.05, 0) is 62.2 Å². The smallest absolute Gasteiger partial charge is 0.335 e. The molecule has 1 atom stereocenters. The van der Waals surface area contributed by atoms with E-state index in [0.29, 0.717) is 47.2 Å². The van der Waals surface area contributed by atoms with Gasteiger partial charge < -0.3 is 25.0 Å². The summed E-state index contributed by atoms with van der Waals surface area (Å²) in [6.07, 6.45) is 0.454. The van der Waals surface area contributed by atoms with E-state index in [-0.39, 0.29) is 18.0 Å². The summed E-state index contributed by atoms with van der Waals surface area (Å²) < 4.78 is 5.41. The fraction of sp³-hybridized carbons (Fsp3) is 0.320. The molecule has 3 amide bonds. The summed E-state index contributed by atoms with van der Waals surface area (Å²) in [4.78, 5) is 40.7. The topological polar surface area (TPSA) is 99.2 Å². The molecule has 34 heavy (non-hydrogen) atoms. The number of allylic oxidation sites excluding steroid dienone is 1. The minimum Gasteiger partial charge on any atom is -0.494 e. The van der Waals surface area contributed by atoms with Crippen LogP contribution in [0.1, 0.15) is 42.2 Å². The summed E-state index contributed by atoms with van der Waals surface area (Å²) in [6, 6.07) is 12.6. The van der Waals surface area contributed by atoms with Gasteiger partial charge in [-0.15, -0.1) is 0 Å². The van der Waals surface area contributed by atoms with Crippen molar-refractivity contribution in [3.05, 3.63) is 76.0 Å². The summed E-state index contributed by atoms with van der Waals surface area (Å²) in [5, 5.41) is 12.9. The standard InChI is InChI=1S/C25H28ClN3O5/c1-4-34-20-11-9-17(10-12-20)23(30)28(3)13-6-14-29-22(18-7-5-8-19(26)15-18)21(24(31)32)16(2)27-25(29)33/h5,7-12,15,22H,4,6,13-14H2,1-3H3,(H,27,33)(H,31,32). The van der Waals surface area contributed by atoms with Crippen molar-refractivity contribution < 1.29 is 24.2 Å². The molecule has 1 heterocycles. The summed E-state index contributed by atoms with van der Waals surface area (Å²) in [6.45, 7) is 4.63. The van der Waals surface area contributed by atoms with Gasteiger partial charge in [0.2, 0.25) is 0 Å². The van der Waals surface area contributed by atoms with E-state index in [2.05, 4.69) is 5.32 Å². The number of rotatable bonds is 9. The van der Waals surface area contributed by atoms with Crippen molar-refractivity contribution in [3.63, 3.8) is 0 Å². The number of aliphatic carboxylic acids is 1. The molecule has 1 aliphatic rings. The van der Waals surface area contributed by atoms with Crippen LogP contribution in [0, 0.1) is 0 Å². The predicted octanol–water partition coefficient (Wildman–Crippen LogP) is 4.33.